The summed E-state index contributed by atoms with van der Waals surface area (Å²) >= 11 is 0. The fourth-order valence-electron chi connectivity index (χ4n) is 1.88. The third-order valence-corrected chi connectivity index (χ3v) is 2.92. The highest BCUT2D eigenvalue weighted by molar-refractivity contribution is 5.64. The van der Waals surface area contributed by atoms with Crippen LogP contribution in [-0.2, 0) is 12.8 Å². The summed E-state index contributed by atoms with van der Waals surface area (Å²) in [4.78, 5) is 0. The third-order valence-electron chi connectivity index (χ3n) is 2.92. The molecular formula is C14H17N3. The molecule has 0 aliphatic rings. The first-order valence-corrected chi connectivity index (χ1v) is 5.96. The van der Waals surface area contributed by atoms with Crippen molar-refractivity contribution in [3.8, 4) is 11.3 Å². The van der Waals surface area contributed by atoms with Gasteiger partial charge in [-0.2, -0.15) is 0 Å². The zero-order valence-corrected chi connectivity index (χ0v) is 10.3. The minimum absolute atomic E-state index is 0.457. The summed E-state index contributed by atoms with van der Waals surface area (Å²) in [7, 11) is 0. The maximum Gasteiger partial charge on any atom is 0.146 e. The van der Waals surface area contributed by atoms with Crippen molar-refractivity contribution in [2.24, 2.45) is 0 Å². The van der Waals surface area contributed by atoms with Gasteiger partial charge in [-0.05, 0) is 42.2 Å². The van der Waals surface area contributed by atoms with Crippen LogP contribution in [0.1, 0.15) is 25.0 Å². The Bertz CT molecular complexity index is 503. The van der Waals surface area contributed by atoms with Crippen LogP contribution in [0.25, 0.3) is 11.3 Å². The molecule has 0 atom stereocenters. The second-order valence-electron chi connectivity index (χ2n) is 4.04. The van der Waals surface area contributed by atoms with Crippen LogP contribution in [0.3, 0.4) is 0 Å². The van der Waals surface area contributed by atoms with Crippen LogP contribution < -0.4 is 5.73 Å². The van der Waals surface area contributed by atoms with Crippen molar-refractivity contribution in [2.75, 3.05) is 5.73 Å². The lowest BCUT2D eigenvalue weighted by atomic mass is 9.98. The van der Waals surface area contributed by atoms with Gasteiger partial charge in [-0.15, -0.1) is 10.2 Å². The average Bonchev–Trinajstić information content (AvgIpc) is 2.39. The maximum atomic E-state index is 5.56. The smallest absolute Gasteiger partial charge is 0.146 e. The first-order valence-electron chi connectivity index (χ1n) is 5.96. The Hall–Kier alpha value is -1.90. The molecule has 0 amide bonds. The number of rotatable bonds is 3. The van der Waals surface area contributed by atoms with Gasteiger partial charge in [-0.1, -0.05) is 26.0 Å². The Morgan fingerprint density at radius 3 is 2.41 bits per heavy atom. The van der Waals surface area contributed by atoms with E-state index in [4.69, 9.17) is 5.73 Å². The highest BCUT2D eigenvalue weighted by Gasteiger charge is 2.06. The molecule has 0 radical (unpaired) electrons. The normalized spacial score (nSPS) is 10.5. The van der Waals surface area contributed by atoms with Crippen LogP contribution in [0.2, 0.25) is 0 Å². The number of aryl methyl sites for hydroxylation is 2. The number of nitrogen functional groups attached to an aromatic ring is 1. The maximum absolute atomic E-state index is 5.56. The molecule has 3 heteroatoms. The molecule has 1 heterocycles. The molecule has 2 aromatic rings. The van der Waals surface area contributed by atoms with Gasteiger partial charge in [-0.3, -0.25) is 0 Å². The van der Waals surface area contributed by atoms with Gasteiger partial charge in [0.2, 0.25) is 0 Å². The summed E-state index contributed by atoms with van der Waals surface area (Å²) in [6.07, 6.45) is 2.02. The van der Waals surface area contributed by atoms with Gasteiger partial charge in [0.25, 0.3) is 0 Å². The molecule has 0 fully saturated rings. The van der Waals surface area contributed by atoms with Crippen LogP contribution >= 0.6 is 0 Å². The molecule has 88 valence electrons. The molecule has 0 bridgehead atoms. The number of hydrogen-bond acceptors (Lipinski definition) is 3. The van der Waals surface area contributed by atoms with E-state index in [-0.39, 0.29) is 0 Å². The zero-order valence-electron chi connectivity index (χ0n) is 10.3. The first-order chi connectivity index (χ1) is 8.24. The molecule has 1 aromatic heterocycles. The molecule has 0 aliphatic carbocycles. The van der Waals surface area contributed by atoms with Crippen molar-refractivity contribution < 1.29 is 0 Å². The Labute approximate surface area is 102 Å². The standard InChI is InChI=1S/C14H17N3/c1-3-10-5-6-11(4-2)12(9-10)13-7-8-14(15)17-16-13/h5-9H,3-4H2,1-2H3,(H2,15,17). The quantitative estimate of drug-likeness (QED) is 0.877. The molecule has 0 saturated carbocycles. The van der Waals surface area contributed by atoms with E-state index in [1.165, 1.54) is 16.7 Å². The second-order valence-corrected chi connectivity index (χ2v) is 4.04. The second kappa shape index (κ2) is 4.95. The highest BCUT2D eigenvalue weighted by Crippen LogP contribution is 2.24. The van der Waals surface area contributed by atoms with Crippen molar-refractivity contribution in [3.05, 3.63) is 41.5 Å². The van der Waals surface area contributed by atoms with Crippen LogP contribution in [0, 0.1) is 0 Å². The first kappa shape index (κ1) is 11.6. The largest absolute Gasteiger partial charge is 0.382 e. The van der Waals surface area contributed by atoms with Gasteiger partial charge < -0.3 is 5.73 Å². The van der Waals surface area contributed by atoms with E-state index < -0.39 is 0 Å². The highest BCUT2D eigenvalue weighted by atomic mass is 15.1. The fraction of sp³-hybridized carbons (Fsp3) is 0.286. The van der Waals surface area contributed by atoms with E-state index >= 15 is 0 Å². The van der Waals surface area contributed by atoms with Gasteiger partial charge in [0.05, 0.1) is 5.69 Å². The number of nitrogens with two attached hydrogens (primary N) is 1. The molecular weight excluding hydrogens is 210 g/mol. The van der Waals surface area contributed by atoms with Crippen molar-refractivity contribution in [2.45, 2.75) is 26.7 Å². The SMILES string of the molecule is CCc1ccc(CC)c(-c2ccc(N)nn2)c1. The van der Waals surface area contributed by atoms with E-state index in [9.17, 15) is 0 Å². The molecule has 2 rings (SSSR count). The Morgan fingerprint density at radius 2 is 1.82 bits per heavy atom. The summed E-state index contributed by atoms with van der Waals surface area (Å²) < 4.78 is 0. The minimum Gasteiger partial charge on any atom is -0.382 e. The molecule has 0 aliphatic heterocycles. The van der Waals surface area contributed by atoms with Crippen molar-refractivity contribution in [1.29, 1.82) is 0 Å². The monoisotopic (exact) mass is 227 g/mol. The Balaban J connectivity index is 2.51. The van der Waals surface area contributed by atoms with E-state index in [1.54, 1.807) is 6.07 Å². The van der Waals surface area contributed by atoms with Crippen LogP contribution in [-0.4, -0.2) is 10.2 Å². The van der Waals surface area contributed by atoms with Crippen molar-refractivity contribution in [3.63, 3.8) is 0 Å². The van der Waals surface area contributed by atoms with Crippen LogP contribution in [0.15, 0.2) is 30.3 Å². The minimum atomic E-state index is 0.457. The molecule has 1 aromatic carbocycles. The predicted octanol–water partition coefficient (Wildman–Crippen LogP) is 2.85. The zero-order chi connectivity index (χ0) is 12.3. The number of anilines is 1. The average molecular weight is 227 g/mol. The molecule has 2 N–H and O–H groups in total. The summed E-state index contributed by atoms with van der Waals surface area (Å²) in [5.74, 6) is 0.457. The Morgan fingerprint density at radius 1 is 1.00 bits per heavy atom. The van der Waals surface area contributed by atoms with Crippen LogP contribution in [0.5, 0.6) is 0 Å². The van der Waals surface area contributed by atoms with Gasteiger partial charge in [-0.25, -0.2) is 0 Å². The van der Waals surface area contributed by atoms with Gasteiger partial charge in [0, 0.05) is 5.56 Å². The molecule has 17 heavy (non-hydrogen) atoms. The van der Waals surface area contributed by atoms with Crippen molar-refractivity contribution in [1.82, 2.24) is 10.2 Å². The van der Waals surface area contributed by atoms with E-state index in [2.05, 4.69) is 42.2 Å². The molecule has 0 spiro atoms. The molecule has 3 nitrogen and oxygen atoms in total. The van der Waals surface area contributed by atoms with E-state index in [0.29, 0.717) is 5.82 Å². The number of aromatic nitrogens is 2. The van der Waals surface area contributed by atoms with Gasteiger partial charge in [0.1, 0.15) is 5.82 Å². The lowest BCUT2D eigenvalue weighted by molar-refractivity contribution is 1.03. The summed E-state index contributed by atoms with van der Waals surface area (Å²) in [5.41, 5.74) is 10.2. The number of benzene rings is 1. The van der Waals surface area contributed by atoms with Crippen LogP contribution in [0.4, 0.5) is 5.82 Å². The predicted molar refractivity (Wildman–Crippen MR) is 70.6 cm³/mol. The van der Waals surface area contributed by atoms with E-state index in [0.717, 1.165) is 18.5 Å². The molecule has 0 unspecified atom stereocenters. The lowest BCUT2D eigenvalue weighted by Crippen LogP contribution is -1.97. The van der Waals surface area contributed by atoms with E-state index in [1.807, 2.05) is 6.07 Å². The summed E-state index contributed by atoms with van der Waals surface area (Å²) in [6, 6.07) is 10.3. The summed E-state index contributed by atoms with van der Waals surface area (Å²) in [6.45, 7) is 4.30. The molecule has 0 saturated heterocycles. The third kappa shape index (κ3) is 2.44. The fourth-order valence-corrected chi connectivity index (χ4v) is 1.88. The summed E-state index contributed by atoms with van der Waals surface area (Å²) in [5, 5.41) is 8.07. The van der Waals surface area contributed by atoms with Crippen molar-refractivity contribution >= 4 is 5.82 Å². The number of hydrogen-bond donors (Lipinski definition) is 1. The van der Waals surface area contributed by atoms with Gasteiger partial charge >= 0.3 is 0 Å². The Kier molecular flexibility index (Phi) is 3.38. The number of nitrogens with zero attached hydrogens (tertiary/aromatic N) is 2. The van der Waals surface area contributed by atoms with Gasteiger partial charge in [0.15, 0.2) is 0 Å². The topological polar surface area (TPSA) is 51.8 Å². The lowest BCUT2D eigenvalue weighted by Gasteiger charge is -2.09.